The van der Waals surface area contributed by atoms with Crippen molar-refractivity contribution in [3.8, 4) is 11.5 Å². The standard InChI is InChI=1S/C15H14O3/c1-11(15(16)17)12-6-5-9-14(10-12)18-13-7-3-2-4-8-13/h2-11H,1H3,(H,16,17)/p-1/t11-/m1/s1. The minimum Gasteiger partial charge on any atom is -0.550 e. The highest BCUT2D eigenvalue weighted by atomic mass is 16.5. The van der Waals surface area contributed by atoms with E-state index in [2.05, 4.69) is 0 Å². The third kappa shape index (κ3) is 2.88. The molecule has 0 bridgehead atoms. The van der Waals surface area contributed by atoms with Crippen molar-refractivity contribution in [2.75, 3.05) is 0 Å². The lowest BCUT2D eigenvalue weighted by Gasteiger charge is -2.14. The highest BCUT2D eigenvalue weighted by Gasteiger charge is 2.07. The summed E-state index contributed by atoms with van der Waals surface area (Å²) in [5, 5.41) is 10.8. The molecule has 0 unspecified atom stereocenters. The quantitative estimate of drug-likeness (QED) is 0.825. The van der Waals surface area contributed by atoms with Gasteiger partial charge in [0.05, 0.1) is 0 Å². The van der Waals surface area contributed by atoms with Gasteiger partial charge in [-0.3, -0.25) is 0 Å². The van der Waals surface area contributed by atoms with Gasteiger partial charge in [0, 0.05) is 11.9 Å². The van der Waals surface area contributed by atoms with Crippen molar-refractivity contribution in [1.82, 2.24) is 0 Å². The Bertz CT molecular complexity index is 534. The van der Waals surface area contributed by atoms with Crippen LogP contribution in [0.5, 0.6) is 11.5 Å². The van der Waals surface area contributed by atoms with Crippen LogP contribution in [0.3, 0.4) is 0 Å². The number of carbonyl (C=O) groups is 1. The van der Waals surface area contributed by atoms with Crippen LogP contribution in [0.1, 0.15) is 18.4 Å². The van der Waals surface area contributed by atoms with E-state index in [4.69, 9.17) is 4.74 Å². The third-order valence-corrected chi connectivity index (χ3v) is 2.69. The van der Waals surface area contributed by atoms with E-state index in [0.717, 1.165) is 5.75 Å². The number of para-hydroxylation sites is 1. The minimum atomic E-state index is -1.09. The fourth-order valence-corrected chi connectivity index (χ4v) is 1.61. The van der Waals surface area contributed by atoms with Crippen LogP contribution >= 0.6 is 0 Å². The maximum absolute atomic E-state index is 10.8. The Balaban J connectivity index is 2.20. The summed E-state index contributed by atoms with van der Waals surface area (Å²) >= 11 is 0. The first-order chi connectivity index (χ1) is 8.66. The molecule has 0 aliphatic carbocycles. The van der Waals surface area contributed by atoms with Crippen LogP contribution in [0.4, 0.5) is 0 Å². The third-order valence-electron chi connectivity index (χ3n) is 2.69. The summed E-state index contributed by atoms with van der Waals surface area (Å²) < 4.78 is 5.64. The van der Waals surface area contributed by atoms with Gasteiger partial charge in [-0.1, -0.05) is 37.3 Å². The van der Waals surface area contributed by atoms with Gasteiger partial charge in [0.2, 0.25) is 0 Å². The second kappa shape index (κ2) is 5.36. The molecule has 0 saturated carbocycles. The highest BCUT2D eigenvalue weighted by Crippen LogP contribution is 2.24. The maximum Gasteiger partial charge on any atom is 0.127 e. The second-order valence-electron chi connectivity index (χ2n) is 4.03. The highest BCUT2D eigenvalue weighted by molar-refractivity contribution is 5.73. The number of benzene rings is 2. The first-order valence-corrected chi connectivity index (χ1v) is 5.70. The van der Waals surface area contributed by atoms with Crippen LogP contribution in [0, 0.1) is 0 Å². The van der Waals surface area contributed by atoms with Crippen LogP contribution in [0.2, 0.25) is 0 Å². The molecule has 0 aliphatic rings. The largest absolute Gasteiger partial charge is 0.550 e. The molecule has 0 spiro atoms. The molecule has 0 heterocycles. The van der Waals surface area contributed by atoms with E-state index >= 15 is 0 Å². The molecule has 18 heavy (non-hydrogen) atoms. The Labute approximate surface area is 106 Å². The van der Waals surface area contributed by atoms with Gasteiger partial charge >= 0.3 is 0 Å². The number of rotatable bonds is 4. The molecule has 3 nitrogen and oxygen atoms in total. The summed E-state index contributed by atoms with van der Waals surface area (Å²) in [4.78, 5) is 10.8. The number of carboxylic acid groups (broad SMARTS) is 1. The topological polar surface area (TPSA) is 49.4 Å². The summed E-state index contributed by atoms with van der Waals surface area (Å²) in [5.41, 5.74) is 0.670. The van der Waals surface area contributed by atoms with Gasteiger partial charge in [0.15, 0.2) is 0 Å². The van der Waals surface area contributed by atoms with Gasteiger partial charge in [-0.2, -0.15) is 0 Å². The van der Waals surface area contributed by atoms with Crippen LogP contribution in [0.15, 0.2) is 54.6 Å². The molecular formula is C15H13O3-. The molecule has 92 valence electrons. The van der Waals surface area contributed by atoms with Crippen molar-refractivity contribution in [2.24, 2.45) is 0 Å². The van der Waals surface area contributed by atoms with E-state index in [1.807, 2.05) is 30.3 Å². The Morgan fingerprint density at radius 3 is 2.39 bits per heavy atom. The first-order valence-electron chi connectivity index (χ1n) is 5.70. The second-order valence-corrected chi connectivity index (χ2v) is 4.03. The molecule has 2 rings (SSSR count). The summed E-state index contributed by atoms with van der Waals surface area (Å²) in [5.74, 6) is -0.404. The Morgan fingerprint density at radius 1 is 1.06 bits per heavy atom. The van der Waals surface area contributed by atoms with Gasteiger partial charge in [-0.15, -0.1) is 0 Å². The summed E-state index contributed by atoms with van der Waals surface area (Å²) in [7, 11) is 0. The smallest absolute Gasteiger partial charge is 0.127 e. The molecule has 0 aliphatic heterocycles. The van der Waals surface area contributed by atoms with E-state index in [-0.39, 0.29) is 0 Å². The molecule has 1 atom stereocenters. The van der Waals surface area contributed by atoms with Crippen LogP contribution in [0.25, 0.3) is 0 Å². The van der Waals surface area contributed by atoms with Crippen LogP contribution < -0.4 is 9.84 Å². The minimum absolute atomic E-state index is 0.617. The van der Waals surface area contributed by atoms with E-state index in [0.29, 0.717) is 11.3 Å². The lowest BCUT2D eigenvalue weighted by atomic mass is 10.0. The van der Waals surface area contributed by atoms with Crippen molar-refractivity contribution in [1.29, 1.82) is 0 Å². The summed E-state index contributed by atoms with van der Waals surface area (Å²) in [6, 6.07) is 16.4. The fourth-order valence-electron chi connectivity index (χ4n) is 1.61. The average molecular weight is 241 g/mol. The molecule has 0 amide bonds. The average Bonchev–Trinajstić information content (AvgIpc) is 2.39. The van der Waals surface area contributed by atoms with Gasteiger partial charge in [0.1, 0.15) is 11.5 Å². The summed E-state index contributed by atoms with van der Waals surface area (Å²) in [6.07, 6.45) is 0. The molecule has 0 saturated heterocycles. The first kappa shape index (κ1) is 12.2. The molecule has 2 aromatic rings. The van der Waals surface area contributed by atoms with Gasteiger partial charge in [-0.05, 0) is 29.8 Å². The SMILES string of the molecule is C[C@@H](C(=O)[O-])c1cccc(Oc2ccccc2)c1. The lowest BCUT2D eigenvalue weighted by Crippen LogP contribution is -2.27. The van der Waals surface area contributed by atoms with Gasteiger partial charge in [-0.25, -0.2) is 0 Å². The van der Waals surface area contributed by atoms with E-state index < -0.39 is 11.9 Å². The number of ether oxygens (including phenoxy) is 1. The monoisotopic (exact) mass is 241 g/mol. The zero-order chi connectivity index (χ0) is 13.0. The molecular weight excluding hydrogens is 228 g/mol. The van der Waals surface area contributed by atoms with Crippen molar-refractivity contribution in [2.45, 2.75) is 12.8 Å². The molecule has 0 aromatic heterocycles. The van der Waals surface area contributed by atoms with Crippen LogP contribution in [-0.4, -0.2) is 5.97 Å². The predicted octanol–water partition coefficient (Wildman–Crippen LogP) is 2.33. The Morgan fingerprint density at radius 2 is 1.72 bits per heavy atom. The molecule has 0 radical (unpaired) electrons. The number of hydrogen-bond donors (Lipinski definition) is 0. The Kier molecular flexibility index (Phi) is 3.63. The molecule has 0 N–H and O–H groups in total. The zero-order valence-electron chi connectivity index (χ0n) is 10.00. The molecule has 0 fully saturated rings. The lowest BCUT2D eigenvalue weighted by molar-refractivity contribution is -0.307. The Hall–Kier alpha value is -2.29. The van der Waals surface area contributed by atoms with Gasteiger partial charge in [0.25, 0.3) is 0 Å². The van der Waals surface area contributed by atoms with Crippen LogP contribution in [-0.2, 0) is 4.79 Å². The van der Waals surface area contributed by atoms with Gasteiger partial charge < -0.3 is 14.6 Å². The number of hydrogen-bond acceptors (Lipinski definition) is 3. The fraction of sp³-hybridized carbons (Fsp3) is 0.133. The van der Waals surface area contributed by atoms with E-state index in [1.54, 1.807) is 31.2 Å². The zero-order valence-corrected chi connectivity index (χ0v) is 10.00. The number of carboxylic acids is 1. The maximum atomic E-state index is 10.8. The number of carbonyl (C=O) groups excluding carboxylic acids is 1. The molecule has 2 aromatic carbocycles. The van der Waals surface area contributed by atoms with E-state index in [9.17, 15) is 9.90 Å². The number of aliphatic carboxylic acids is 1. The van der Waals surface area contributed by atoms with Crippen molar-refractivity contribution >= 4 is 5.97 Å². The van der Waals surface area contributed by atoms with Crippen molar-refractivity contribution in [3.05, 3.63) is 60.2 Å². The normalized spacial score (nSPS) is 11.8. The van der Waals surface area contributed by atoms with Crippen molar-refractivity contribution in [3.63, 3.8) is 0 Å². The predicted molar refractivity (Wildman–Crippen MR) is 66.4 cm³/mol. The molecule has 3 heteroatoms. The van der Waals surface area contributed by atoms with Crippen molar-refractivity contribution < 1.29 is 14.6 Å². The summed E-state index contributed by atoms with van der Waals surface area (Å²) in [6.45, 7) is 1.59. The van der Waals surface area contributed by atoms with E-state index in [1.165, 1.54) is 0 Å².